The fourth-order valence-corrected chi connectivity index (χ4v) is 1.80. The van der Waals surface area contributed by atoms with Crippen LogP contribution in [0.1, 0.15) is 16.7 Å². The second-order valence-corrected chi connectivity index (χ2v) is 4.60. The molecule has 0 aliphatic carbocycles. The van der Waals surface area contributed by atoms with Crippen molar-refractivity contribution < 1.29 is 9.84 Å². The summed E-state index contributed by atoms with van der Waals surface area (Å²) in [7, 11) is 0. The Balaban J connectivity index is 2.04. The molecule has 0 atom stereocenters. The molecule has 0 aliphatic rings. The third kappa shape index (κ3) is 3.25. The maximum atomic E-state index is 8.95. The lowest BCUT2D eigenvalue weighted by atomic mass is 10.1. The Labute approximate surface area is 112 Å². The molecule has 2 aromatic rings. The number of aryl methyl sites for hydroxylation is 1. The summed E-state index contributed by atoms with van der Waals surface area (Å²) in [5.74, 6) is 0.697. The zero-order valence-corrected chi connectivity index (χ0v) is 10.9. The molecule has 1 N–H and O–H groups in total. The number of aliphatic hydroxyl groups excluding tert-OH is 1. The van der Waals surface area contributed by atoms with Crippen molar-refractivity contribution in [2.24, 2.45) is 0 Å². The van der Waals surface area contributed by atoms with E-state index in [4.69, 9.17) is 21.4 Å². The van der Waals surface area contributed by atoms with Crippen LogP contribution in [0.3, 0.4) is 0 Å². The van der Waals surface area contributed by atoms with E-state index in [1.807, 2.05) is 49.4 Å². The summed E-state index contributed by atoms with van der Waals surface area (Å²) in [6, 6.07) is 13.4. The topological polar surface area (TPSA) is 29.5 Å². The van der Waals surface area contributed by atoms with Crippen LogP contribution in [-0.4, -0.2) is 5.11 Å². The molecule has 18 heavy (non-hydrogen) atoms. The van der Waals surface area contributed by atoms with Crippen molar-refractivity contribution in [1.82, 2.24) is 0 Å². The van der Waals surface area contributed by atoms with Gasteiger partial charge in [-0.2, -0.15) is 0 Å². The summed E-state index contributed by atoms with van der Waals surface area (Å²) in [5.41, 5.74) is 3.06. The highest BCUT2D eigenvalue weighted by Gasteiger charge is 2.02. The average Bonchev–Trinajstić information content (AvgIpc) is 2.40. The number of rotatable bonds is 4. The summed E-state index contributed by atoms with van der Waals surface area (Å²) in [5, 5.41) is 9.57. The first-order valence-corrected chi connectivity index (χ1v) is 6.14. The predicted molar refractivity (Wildman–Crippen MR) is 72.9 cm³/mol. The lowest BCUT2D eigenvalue weighted by Crippen LogP contribution is -1.96. The highest BCUT2D eigenvalue weighted by atomic mass is 35.5. The maximum Gasteiger partial charge on any atom is 0.138 e. The molecule has 0 saturated carbocycles. The van der Waals surface area contributed by atoms with Crippen LogP contribution in [0.5, 0.6) is 5.75 Å². The molecule has 0 heterocycles. The summed E-state index contributed by atoms with van der Waals surface area (Å²) in [6.07, 6.45) is 0. The van der Waals surface area contributed by atoms with Crippen molar-refractivity contribution in [3.05, 3.63) is 64.2 Å². The Morgan fingerprint density at radius 3 is 2.39 bits per heavy atom. The highest BCUT2D eigenvalue weighted by Crippen LogP contribution is 2.26. The molecule has 0 fully saturated rings. The molecule has 2 aromatic carbocycles. The molecule has 0 aliphatic heterocycles. The minimum Gasteiger partial charge on any atom is -0.487 e. The van der Waals surface area contributed by atoms with Gasteiger partial charge in [-0.15, -0.1) is 0 Å². The normalized spacial score (nSPS) is 10.4. The van der Waals surface area contributed by atoms with E-state index in [1.54, 1.807) is 0 Å². The fraction of sp³-hybridized carbons (Fsp3) is 0.200. The van der Waals surface area contributed by atoms with Crippen molar-refractivity contribution in [1.29, 1.82) is 0 Å². The van der Waals surface area contributed by atoms with E-state index in [2.05, 4.69) is 0 Å². The Hall–Kier alpha value is -1.51. The van der Waals surface area contributed by atoms with Gasteiger partial charge in [0.1, 0.15) is 12.4 Å². The summed E-state index contributed by atoms with van der Waals surface area (Å²) >= 11 is 6.05. The Bertz CT molecular complexity index is 521. The van der Waals surface area contributed by atoms with Crippen LogP contribution in [0, 0.1) is 6.92 Å². The second-order valence-electron chi connectivity index (χ2n) is 4.20. The van der Waals surface area contributed by atoms with Gasteiger partial charge in [0.15, 0.2) is 0 Å². The number of ether oxygens (including phenoxy) is 1. The molecule has 0 saturated heterocycles. The van der Waals surface area contributed by atoms with Gasteiger partial charge in [-0.05, 0) is 35.7 Å². The van der Waals surface area contributed by atoms with Crippen LogP contribution in [0.25, 0.3) is 0 Å². The first-order valence-electron chi connectivity index (χ1n) is 5.76. The van der Waals surface area contributed by atoms with E-state index in [0.717, 1.165) is 16.7 Å². The molecular weight excluding hydrogens is 248 g/mol. The van der Waals surface area contributed by atoms with E-state index in [1.165, 1.54) is 0 Å². The van der Waals surface area contributed by atoms with Gasteiger partial charge in [-0.3, -0.25) is 0 Å². The van der Waals surface area contributed by atoms with Crippen LogP contribution >= 0.6 is 11.6 Å². The molecule has 0 amide bonds. The third-order valence-electron chi connectivity index (χ3n) is 2.69. The maximum absolute atomic E-state index is 8.95. The van der Waals surface area contributed by atoms with Gasteiger partial charge in [0.25, 0.3) is 0 Å². The van der Waals surface area contributed by atoms with Crippen molar-refractivity contribution in [2.45, 2.75) is 20.1 Å². The molecular formula is C15H15ClO2. The predicted octanol–water partition coefficient (Wildman–Crippen LogP) is 3.72. The Morgan fingerprint density at radius 1 is 1.06 bits per heavy atom. The van der Waals surface area contributed by atoms with Gasteiger partial charge in [-0.1, -0.05) is 41.9 Å². The Kier molecular flexibility index (Phi) is 4.24. The SMILES string of the molecule is Cc1ccc(Cl)c(OCc2ccc(CO)cc2)c1. The zero-order chi connectivity index (χ0) is 13.0. The third-order valence-corrected chi connectivity index (χ3v) is 3.00. The summed E-state index contributed by atoms with van der Waals surface area (Å²) in [4.78, 5) is 0. The first-order chi connectivity index (χ1) is 8.69. The lowest BCUT2D eigenvalue weighted by Gasteiger charge is -2.09. The molecule has 0 aromatic heterocycles. The number of hydrogen-bond donors (Lipinski definition) is 1. The van der Waals surface area contributed by atoms with Gasteiger partial charge in [0, 0.05) is 0 Å². The van der Waals surface area contributed by atoms with Gasteiger partial charge in [0.05, 0.1) is 11.6 Å². The average molecular weight is 263 g/mol. The van der Waals surface area contributed by atoms with Crippen LogP contribution < -0.4 is 4.74 Å². The molecule has 2 nitrogen and oxygen atoms in total. The van der Waals surface area contributed by atoms with E-state index in [0.29, 0.717) is 17.4 Å². The van der Waals surface area contributed by atoms with Gasteiger partial charge < -0.3 is 9.84 Å². The van der Waals surface area contributed by atoms with Gasteiger partial charge >= 0.3 is 0 Å². The lowest BCUT2D eigenvalue weighted by molar-refractivity contribution is 0.281. The van der Waals surface area contributed by atoms with Crippen LogP contribution in [-0.2, 0) is 13.2 Å². The smallest absolute Gasteiger partial charge is 0.138 e. The van der Waals surface area contributed by atoms with Crippen LogP contribution in [0.2, 0.25) is 5.02 Å². The minimum atomic E-state index is 0.0604. The number of benzene rings is 2. The first kappa shape index (κ1) is 12.9. The molecule has 94 valence electrons. The van der Waals surface area contributed by atoms with E-state index < -0.39 is 0 Å². The summed E-state index contributed by atoms with van der Waals surface area (Å²) in [6.45, 7) is 2.53. The molecule has 3 heteroatoms. The monoisotopic (exact) mass is 262 g/mol. The Morgan fingerprint density at radius 2 is 1.72 bits per heavy atom. The second kappa shape index (κ2) is 5.89. The minimum absolute atomic E-state index is 0.0604. The van der Waals surface area contributed by atoms with Gasteiger partial charge in [-0.25, -0.2) is 0 Å². The molecule has 0 bridgehead atoms. The fourth-order valence-electron chi connectivity index (χ4n) is 1.62. The summed E-state index contributed by atoms with van der Waals surface area (Å²) < 4.78 is 5.68. The van der Waals surface area contributed by atoms with E-state index in [9.17, 15) is 0 Å². The number of hydrogen-bond acceptors (Lipinski definition) is 2. The van der Waals surface area contributed by atoms with Crippen molar-refractivity contribution >= 4 is 11.6 Å². The standard InChI is InChI=1S/C15H15ClO2/c1-11-2-7-14(16)15(8-11)18-10-13-5-3-12(9-17)4-6-13/h2-8,17H,9-10H2,1H3. The molecule has 0 radical (unpaired) electrons. The molecule has 0 unspecified atom stereocenters. The van der Waals surface area contributed by atoms with Crippen molar-refractivity contribution in [2.75, 3.05) is 0 Å². The van der Waals surface area contributed by atoms with E-state index in [-0.39, 0.29) is 6.61 Å². The van der Waals surface area contributed by atoms with Crippen molar-refractivity contribution in [3.63, 3.8) is 0 Å². The largest absolute Gasteiger partial charge is 0.487 e. The van der Waals surface area contributed by atoms with E-state index >= 15 is 0 Å². The number of aliphatic hydroxyl groups is 1. The van der Waals surface area contributed by atoms with Crippen LogP contribution in [0.15, 0.2) is 42.5 Å². The number of halogens is 1. The quantitative estimate of drug-likeness (QED) is 0.910. The molecule has 0 spiro atoms. The molecule has 2 rings (SSSR count). The highest BCUT2D eigenvalue weighted by molar-refractivity contribution is 6.32. The van der Waals surface area contributed by atoms with Crippen LogP contribution in [0.4, 0.5) is 0 Å². The van der Waals surface area contributed by atoms with Gasteiger partial charge in [0.2, 0.25) is 0 Å². The zero-order valence-electron chi connectivity index (χ0n) is 10.2. The van der Waals surface area contributed by atoms with Crippen molar-refractivity contribution in [3.8, 4) is 5.75 Å².